The highest BCUT2D eigenvalue weighted by Crippen LogP contribution is 2.33. The maximum Gasteiger partial charge on any atom is 0.220 e. The molecule has 0 radical (unpaired) electrons. The minimum Gasteiger partial charge on any atom is -0.508 e. The lowest BCUT2D eigenvalue weighted by Gasteiger charge is -2.08. The van der Waals surface area contributed by atoms with Gasteiger partial charge in [-0.3, -0.25) is 4.79 Å². The lowest BCUT2D eigenvalue weighted by Crippen LogP contribution is -2.10. The highest BCUT2D eigenvalue weighted by molar-refractivity contribution is 5.90. The second-order valence-electron chi connectivity index (χ2n) is 4.56. The Hall–Kier alpha value is -3.15. The van der Waals surface area contributed by atoms with Crippen LogP contribution in [0.5, 0.6) is 17.2 Å². The molecule has 21 heavy (non-hydrogen) atoms. The third-order valence-corrected chi connectivity index (χ3v) is 3.12. The largest absolute Gasteiger partial charge is 0.508 e. The summed E-state index contributed by atoms with van der Waals surface area (Å²) in [5.74, 6) is -0.458. The fourth-order valence-electron chi connectivity index (χ4n) is 2.13. The molecule has 5 N–H and O–H groups in total. The van der Waals surface area contributed by atoms with Gasteiger partial charge in [0.2, 0.25) is 5.43 Å². The van der Waals surface area contributed by atoms with Crippen LogP contribution in [0.15, 0.2) is 45.6 Å². The van der Waals surface area contributed by atoms with Crippen LogP contribution in [0, 0.1) is 0 Å². The molecule has 0 bridgehead atoms. The standard InChI is InChI=1S/C15H11NO5/c16-13-14(20)12-10(19)5-9(18)6-11(12)21-15(13)7-1-3-8(17)4-2-7/h1-6,17-19H,16H2. The smallest absolute Gasteiger partial charge is 0.220 e. The highest BCUT2D eigenvalue weighted by Gasteiger charge is 2.17. The van der Waals surface area contributed by atoms with Gasteiger partial charge in [0.05, 0.1) is 0 Å². The lowest BCUT2D eigenvalue weighted by molar-refractivity contribution is 0.452. The first-order valence-corrected chi connectivity index (χ1v) is 6.05. The summed E-state index contributed by atoms with van der Waals surface area (Å²) >= 11 is 0. The summed E-state index contributed by atoms with van der Waals surface area (Å²) in [5.41, 5.74) is 5.55. The number of nitrogens with two attached hydrogens (primary N) is 1. The van der Waals surface area contributed by atoms with Crippen molar-refractivity contribution in [2.45, 2.75) is 0 Å². The molecule has 0 fully saturated rings. The van der Waals surface area contributed by atoms with E-state index in [1.165, 1.54) is 18.2 Å². The Morgan fingerprint density at radius 2 is 1.62 bits per heavy atom. The molecule has 3 aromatic rings. The Morgan fingerprint density at radius 1 is 0.952 bits per heavy atom. The number of benzene rings is 2. The Morgan fingerprint density at radius 3 is 2.29 bits per heavy atom. The fourth-order valence-corrected chi connectivity index (χ4v) is 2.13. The molecule has 0 saturated heterocycles. The van der Waals surface area contributed by atoms with E-state index in [0.717, 1.165) is 6.07 Å². The van der Waals surface area contributed by atoms with Crippen molar-refractivity contribution in [3.63, 3.8) is 0 Å². The van der Waals surface area contributed by atoms with Gasteiger partial charge in [-0.25, -0.2) is 0 Å². The van der Waals surface area contributed by atoms with Gasteiger partial charge >= 0.3 is 0 Å². The molecule has 0 unspecified atom stereocenters. The van der Waals surface area contributed by atoms with E-state index in [1.807, 2.05) is 0 Å². The maximum absolute atomic E-state index is 12.2. The molecule has 1 aromatic heterocycles. The minimum absolute atomic E-state index is 0.0229. The number of hydrogen-bond acceptors (Lipinski definition) is 6. The second-order valence-corrected chi connectivity index (χ2v) is 4.56. The van der Waals surface area contributed by atoms with Crippen LogP contribution in [0.3, 0.4) is 0 Å². The zero-order valence-electron chi connectivity index (χ0n) is 10.7. The van der Waals surface area contributed by atoms with Gasteiger partial charge in [0.25, 0.3) is 0 Å². The molecule has 0 atom stereocenters. The number of aromatic hydroxyl groups is 3. The van der Waals surface area contributed by atoms with Crippen LogP contribution >= 0.6 is 0 Å². The van der Waals surface area contributed by atoms with Crippen LogP contribution in [0.25, 0.3) is 22.3 Å². The van der Waals surface area contributed by atoms with Crippen LogP contribution in [0.1, 0.15) is 0 Å². The topological polar surface area (TPSA) is 117 Å². The van der Waals surface area contributed by atoms with Crippen LogP contribution in [0.4, 0.5) is 5.69 Å². The van der Waals surface area contributed by atoms with E-state index in [9.17, 15) is 20.1 Å². The highest BCUT2D eigenvalue weighted by atomic mass is 16.3. The molecule has 106 valence electrons. The van der Waals surface area contributed by atoms with Gasteiger partial charge in [-0.2, -0.15) is 0 Å². The van der Waals surface area contributed by atoms with Gasteiger partial charge in [0.1, 0.15) is 33.9 Å². The van der Waals surface area contributed by atoms with Crippen LogP contribution in [0.2, 0.25) is 0 Å². The predicted octanol–water partition coefficient (Wildman–Crippen LogP) is 2.16. The molecular weight excluding hydrogens is 274 g/mol. The van der Waals surface area contributed by atoms with E-state index in [2.05, 4.69) is 0 Å². The quantitative estimate of drug-likeness (QED) is 0.544. The summed E-state index contributed by atoms with van der Waals surface area (Å²) < 4.78 is 5.53. The summed E-state index contributed by atoms with van der Waals surface area (Å²) in [7, 11) is 0. The molecule has 0 aliphatic carbocycles. The van der Waals surface area contributed by atoms with E-state index in [-0.39, 0.29) is 33.9 Å². The van der Waals surface area contributed by atoms with Crippen molar-refractivity contribution in [2.24, 2.45) is 0 Å². The molecule has 2 aromatic carbocycles. The van der Waals surface area contributed by atoms with Gasteiger partial charge in [-0.05, 0) is 24.3 Å². The normalized spacial score (nSPS) is 10.9. The van der Waals surface area contributed by atoms with Gasteiger partial charge in [0.15, 0.2) is 5.76 Å². The molecule has 0 amide bonds. The zero-order chi connectivity index (χ0) is 15.1. The van der Waals surface area contributed by atoms with Crippen molar-refractivity contribution in [1.29, 1.82) is 0 Å². The second kappa shape index (κ2) is 4.45. The average Bonchev–Trinajstić information content (AvgIpc) is 2.43. The van der Waals surface area contributed by atoms with Crippen molar-refractivity contribution in [2.75, 3.05) is 5.73 Å². The minimum atomic E-state index is -0.586. The van der Waals surface area contributed by atoms with Gasteiger partial charge in [-0.15, -0.1) is 0 Å². The lowest BCUT2D eigenvalue weighted by atomic mass is 10.1. The zero-order valence-corrected chi connectivity index (χ0v) is 10.7. The van der Waals surface area contributed by atoms with E-state index in [1.54, 1.807) is 12.1 Å². The predicted molar refractivity (Wildman–Crippen MR) is 77.3 cm³/mol. The molecule has 6 nitrogen and oxygen atoms in total. The summed E-state index contributed by atoms with van der Waals surface area (Å²) in [6, 6.07) is 8.20. The number of phenolic OH excluding ortho intramolecular Hbond substituents is 3. The number of hydrogen-bond donors (Lipinski definition) is 4. The molecule has 1 heterocycles. The first-order chi connectivity index (χ1) is 9.97. The maximum atomic E-state index is 12.2. The van der Waals surface area contributed by atoms with Gasteiger partial charge in [0, 0.05) is 17.7 Å². The third kappa shape index (κ3) is 2.02. The molecule has 6 heteroatoms. The third-order valence-electron chi connectivity index (χ3n) is 3.12. The molecule has 0 aliphatic heterocycles. The first kappa shape index (κ1) is 12.9. The molecule has 0 spiro atoms. The first-order valence-electron chi connectivity index (χ1n) is 6.05. The summed E-state index contributed by atoms with van der Waals surface area (Å²) in [5, 5.41) is 28.4. The molecule has 0 aliphatic rings. The molecule has 3 rings (SSSR count). The van der Waals surface area contributed by atoms with E-state index < -0.39 is 11.2 Å². The van der Waals surface area contributed by atoms with Crippen LogP contribution in [-0.2, 0) is 0 Å². The Balaban J connectivity index is 2.37. The van der Waals surface area contributed by atoms with Crippen LogP contribution < -0.4 is 11.2 Å². The van der Waals surface area contributed by atoms with E-state index in [0.29, 0.717) is 5.56 Å². The van der Waals surface area contributed by atoms with Crippen molar-refractivity contribution < 1.29 is 19.7 Å². The van der Waals surface area contributed by atoms with Gasteiger partial charge in [-0.1, -0.05) is 0 Å². The number of rotatable bonds is 1. The number of fused-ring (bicyclic) bond motifs is 1. The average molecular weight is 285 g/mol. The van der Waals surface area contributed by atoms with Crippen molar-refractivity contribution >= 4 is 16.7 Å². The molecular formula is C15H11NO5. The van der Waals surface area contributed by atoms with Crippen LogP contribution in [-0.4, -0.2) is 15.3 Å². The number of nitrogen functional groups attached to an aromatic ring is 1. The van der Waals surface area contributed by atoms with Gasteiger partial charge < -0.3 is 25.5 Å². The monoisotopic (exact) mass is 285 g/mol. The summed E-state index contributed by atoms with van der Waals surface area (Å²) in [6.07, 6.45) is 0. The summed E-state index contributed by atoms with van der Waals surface area (Å²) in [6.45, 7) is 0. The molecule has 0 saturated carbocycles. The Kier molecular flexibility index (Phi) is 2.72. The summed E-state index contributed by atoms with van der Waals surface area (Å²) in [4.78, 5) is 12.2. The number of phenols is 3. The number of anilines is 1. The Bertz CT molecular complexity index is 897. The Labute approximate surface area is 118 Å². The van der Waals surface area contributed by atoms with Crippen molar-refractivity contribution in [1.82, 2.24) is 0 Å². The van der Waals surface area contributed by atoms with Crippen molar-refractivity contribution in [3.8, 4) is 28.6 Å². The van der Waals surface area contributed by atoms with Crippen molar-refractivity contribution in [3.05, 3.63) is 46.6 Å². The van der Waals surface area contributed by atoms with E-state index >= 15 is 0 Å². The SMILES string of the molecule is Nc1c(-c2ccc(O)cc2)oc2cc(O)cc(O)c2c1=O. The van der Waals surface area contributed by atoms with E-state index in [4.69, 9.17) is 10.2 Å². The fraction of sp³-hybridized carbons (Fsp3) is 0.